The zero-order valence-corrected chi connectivity index (χ0v) is 11.9. The molecule has 118 valence electrons. The third-order valence-electron chi connectivity index (χ3n) is 2.73. The Labute approximate surface area is 115 Å². The Hall–Kier alpha value is -1.31. The molecule has 0 amide bonds. The Balaban J connectivity index is 4.48. The van der Waals surface area contributed by atoms with Crippen LogP contribution in [0, 0.1) is 5.41 Å². The zero-order chi connectivity index (χ0) is 16.0. The van der Waals surface area contributed by atoms with Gasteiger partial charge in [0.2, 0.25) is 0 Å². The van der Waals surface area contributed by atoms with E-state index in [0.717, 1.165) is 6.92 Å². The van der Waals surface area contributed by atoms with Gasteiger partial charge in [-0.05, 0) is 20.3 Å². The molecule has 5 nitrogen and oxygen atoms in total. The third kappa shape index (κ3) is 6.23. The smallest absolute Gasteiger partial charge is 0.422 e. The molecule has 0 spiro atoms. The van der Waals surface area contributed by atoms with Crippen molar-refractivity contribution in [2.75, 3.05) is 20.3 Å². The summed E-state index contributed by atoms with van der Waals surface area (Å²) in [6, 6.07) is 0. The van der Waals surface area contributed by atoms with Gasteiger partial charge in [-0.15, -0.1) is 0 Å². The molecule has 0 aliphatic heterocycles. The summed E-state index contributed by atoms with van der Waals surface area (Å²) in [6.45, 7) is 2.82. The van der Waals surface area contributed by atoms with Crippen LogP contribution in [0.15, 0.2) is 0 Å². The first-order valence-electron chi connectivity index (χ1n) is 5.99. The minimum atomic E-state index is -4.62. The van der Waals surface area contributed by atoms with Crippen LogP contribution in [0.1, 0.15) is 27.2 Å². The van der Waals surface area contributed by atoms with E-state index in [9.17, 15) is 22.8 Å². The molecule has 0 saturated heterocycles. The lowest BCUT2D eigenvalue weighted by Gasteiger charge is -2.26. The van der Waals surface area contributed by atoms with Crippen LogP contribution in [0.25, 0.3) is 0 Å². The van der Waals surface area contributed by atoms with E-state index in [1.807, 2.05) is 0 Å². The molecule has 0 saturated carbocycles. The molecule has 0 N–H and O–H groups in total. The molecule has 0 aliphatic rings. The van der Waals surface area contributed by atoms with Gasteiger partial charge in [-0.2, -0.15) is 13.2 Å². The molecule has 8 heteroatoms. The zero-order valence-electron chi connectivity index (χ0n) is 11.9. The molecule has 0 aromatic heterocycles. The predicted octanol–water partition coefficient (Wildman–Crippen LogP) is 2.09. The number of hydrogen-bond donors (Lipinski definition) is 0. The van der Waals surface area contributed by atoms with Gasteiger partial charge in [0.1, 0.15) is 0 Å². The summed E-state index contributed by atoms with van der Waals surface area (Å²) in [5.41, 5.74) is -0.965. The average Bonchev–Trinajstić information content (AvgIpc) is 2.34. The molecule has 0 rings (SSSR count). The normalized spacial score (nSPS) is 16.1. The number of carbonyl (C=O) groups excluding carboxylic acids is 2. The summed E-state index contributed by atoms with van der Waals surface area (Å²) in [4.78, 5) is 23.1. The standard InChI is InChI=1S/C12H19F3O5/c1-5-11(3,6-18-4)10(17)20-8(2)9(16)19-7-12(13,14)15/h8H,5-7H2,1-4H3. The quantitative estimate of drug-likeness (QED) is 0.674. The lowest BCUT2D eigenvalue weighted by molar-refractivity contribution is -0.196. The minimum Gasteiger partial charge on any atom is -0.453 e. The van der Waals surface area contributed by atoms with Gasteiger partial charge in [-0.1, -0.05) is 6.92 Å². The molecule has 0 fully saturated rings. The first-order valence-corrected chi connectivity index (χ1v) is 5.99. The van der Waals surface area contributed by atoms with Crippen LogP contribution in [-0.4, -0.2) is 44.5 Å². The van der Waals surface area contributed by atoms with Crippen LogP contribution < -0.4 is 0 Å². The number of carbonyl (C=O) groups is 2. The molecule has 0 heterocycles. The predicted molar refractivity (Wildman–Crippen MR) is 62.8 cm³/mol. The van der Waals surface area contributed by atoms with E-state index in [1.54, 1.807) is 13.8 Å². The number of hydrogen-bond acceptors (Lipinski definition) is 5. The molecule has 0 aromatic rings. The van der Waals surface area contributed by atoms with Crippen LogP contribution in [0.4, 0.5) is 13.2 Å². The summed E-state index contributed by atoms with van der Waals surface area (Å²) in [6.07, 6.45) is -5.63. The Bertz CT molecular complexity index is 342. The lowest BCUT2D eigenvalue weighted by Crippen LogP contribution is -2.38. The van der Waals surface area contributed by atoms with Crippen molar-refractivity contribution in [3.05, 3.63) is 0 Å². The molecule has 2 unspecified atom stereocenters. The fraction of sp³-hybridized carbons (Fsp3) is 0.833. The maximum absolute atomic E-state index is 11.9. The van der Waals surface area contributed by atoms with Crippen molar-refractivity contribution in [2.24, 2.45) is 5.41 Å². The molecule has 2 atom stereocenters. The fourth-order valence-electron chi connectivity index (χ4n) is 1.25. The van der Waals surface area contributed by atoms with Crippen molar-refractivity contribution in [3.63, 3.8) is 0 Å². The highest BCUT2D eigenvalue weighted by Gasteiger charge is 2.36. The Kier molecular flexibility index (Phi) is 6.98. The van der Waals surface area contributed by atoms with Gasteiger partial charge in [-0.25, -0.2) is 4.79 Å². The van der Waals surface area contributed by atoms with E-state index in [1.165, 1.54) is 7.11 Å². The Morgan fingerprint density at radius 1 is 1.20 bits per heavy atom. The third-order valence-corrected chi connectivity index (χ3v) is 2.73. The first-order chi connectivity index (χ1) is 9.05. The van der Waals surface area contributed by atoms with Crippen LogP contribution in [-0.2, 0) is 23.8 Å². The summed E-state index contributed by atoms with van der Waals surface area (Å²) >= 11 is 0. The van der Waals surface area contributed by atoms with Crippen molar-refractivity contribution in [2.45, 2.75) is 39.5 Å². The number of rotatable bonds is 7. The highest BCUT2D eigenvalue weighted by molar-refractivity contribution is 5.82. The second-order valence-electron chi connectivity index (χ2n) is 4.62. The Morgan fingerprint density at radius 3 is 2.15 bits per heavy atom. The van der Waals surface area contributed by atoms with Crippen molar-refractivity contribution >= 4 is 11.9 Å². The molecular formula is C12H19F3O5. The fourth-order valence-corrected chi connectivity index (χ4v) is 1.25. The van der Waals surface area contributed by atoms with E-state index in [-0.39, 0.29) is 6.61 Å². The van der Waals surface area contributed by atoms with Gasteiger partial charge in [0.25, 0.3) is 0 Å². The summed E-state index contributed by atoms with van der Waals surface area (Å²) in [5, 5.41) is 0. The van der Waals surface area contributed by atoms with Crippen molar-refractivity contribution in [3.8, 4) is 0 Å². The summed E-state index contributed by atoms with van der Waals surface area (Å²) < 4.78 is 49.4. The summed E-state index contributed by atoms with van der Waals surface area (Å²) in [7, 11) is 1.40. The Morgan fingerprint density at radius 2 is 1.75 bits per heavy atom. The van der Waals surface area contributed by atoms with Crippen LogP contribution in [0.2, 0.25) is 0 Å². The van der Waals surface area contributed by atoms with E-state index in [2.05, 4.69) is 4.74 Å². The highest BCUT2D eigenvalue weighted by atomic mass is 19.4. The number of esters is 2. The van der Waals surface area contributed by atoms with Gasteiger partial charge in [0, 0.05) is 7.11 Å². The number of halogens is 3. The van der Waals surface area contributed by atoms with Crippen LogP contribution >= 0.6 is 0 Å². The van der Waals surface area contributed by atoms with Gasteiger partial charge < -0.3 is 14.2 Å². The van der Waals surface area contributed by atoms with Gasteiger partial charge >= 0.3 is 18.1 Å². The highest BCUT2D eigenvalue weighted by Crippen LogP contribution is 2.24. The largest absolute Gasteiger partial charge is 0.453 e. The van der Waals surface area contributed by atoms with Crippen molar-refractivity contribution < 1.29 is 37.0 Å². The van der Waals surface area contributed by atoms with Crippen molar-refractivity contribution in [1.29, 1.82) is 0 Å². The average molecular weight is 300 g/mol. The van der Waals surface area contributed by atoms with Crippen LogP contribution in [0.5, 0.6) is 0 Å². The van der Waals surface area contributed by atoms with E-state index in [0.29, 0.717) is 6.42 Å². The van der Waals surface area contributed by atoms with Gasteiger partial charge in [-0.3, -0.25) is 4.79 Å². The number of methoxy groups -OCH3 is 1. The number of alkyl halides is 3. The lowest BCUT2D eigenvalue weighted by atomic mass is 9.89. The van der Waals surface area contributed by atoms with Crippen molar-refractivity contribution in [1.82, 2.24) is 0 Å². The molecular weight excluding hydrogens is 281 g/mol. The first kappa shape index (κ1) is 18.7. The minimum absolute atomic E-state index is 0.0760. The molecule has 0 bridgehead atoms. The molecule has 0 aliphatic carbocycles. The van der Waals surface area contributed by atoms with E-state index < -0.39 is 36.2 Å². The SMILES string of the molecule is CCC(C)(COC)C(=O)OC(C)C(=O)OCC(F)(F)F. The second kappa shape index (κ2) is 7.47. The monoisotopic (exact) mass is 300 g/mol. The topological polar surface area (TPSA) is 61.8 Å². The van der Waals surface area contributed by atoms with E-state index in [4.69, 9.17) is 9.47 Å². The molecule has 0 aromatic carbocycles. The van der Waals surface area contributed by atoms with Gasteiger partial charge in [0.05, 0.1) is 12.0 Å². The maximum atomic E-state index is 11.9. The van der Waals surface area contributed by atoms with Crippen LogP contribution in [0.3, 0.4) is 0 Å². The molecule has 20 heavy (non-hydrogen) atoms. The summed E-state index contributed by atoms with van der Waals surface area (Å²) in [5.74, 6) is -1.97. The maximum Gasteiger partial charge on any atom is 0.422 e. The molecule has 0 radical (unpaired) electrons. The van der Waals surface area contributed by atoms with E-state index >= 15 is 0 Å². The number of ether oxygens (including phenoxy) is 3. The van der Waals surface area contributed by atoms with Gasteiger partial charge in [0.15, 0.2) is 12.7 Å². The second-order valence-corrected chi connectivity index (χ2v) is 4.62.